The van der Waals surface area contributed by atoms with Gasteiger partial charge in [0.2, 0.25) is 0 Å². The van der Waals surface area contributed by atoms with Crippen LogP contribution in [0.15, 0.2) is 59.5 Å². The molecule has 0 spiro atoms. The fourth-order valence-corrected chi connectivity index (χ4v) is 4.86. The number of ether oxygens (including phenoxy) is 1. The third-order valence-corrected chi connectivity index (χ3v) is 6.45. The van der Waals surface area contributed by atoms with Crippen LogP contribution >= 0.6 is 15.9 Å². The van der Waals surface area contributed by atoms with Crippen molar-refractivity contribution in [3.05, 3.63) is 65.0 Å². The van der Waals surface area contributed by atoms with Crippen LogP contribution in [0.5, 0.6) is 5.75 Å². The van der Waals surface area contributed by atoms with Gasteiger partial charge in [0.05, 0.1) is 16.4 Å². The quantitative estimate of drug-likeness (QED) is 0.401. The average Bonchev–Trinajstić information content (AvgIpc) is 3.25. The molecule has 7 nitrogen and oxygen atoms in total. The molecule has 0 bridgehead atoms. The standard InChI is InChI=1S/C25H27BrN6O/c1-31(2)16-17-5-7-18(8-6-17)24-29-22-23(21(26)15-28-25(22)30-24)32-12-9-19(10-13-32)33-20-4-3-11-27-14-20/h3-8,11,14-15,19H,9-10,12-13,16H2,1-2H3,(H,28,29,30). The molecule has 8 heteroatoms. The van der Waals surface area contributed by atoms with Crippen molar-refractivity contribution in [2.75, 3.05) is 32.1 Å². The van der Waals surface area contributed by atoms with Crippen molar-refractivity contribution in [3.8, 4) is 17.1 Å². The smallest absolute Gasteiger partial charge is 0.180 e. The largest absolute Gasteiger partial charge is 0.489 e. The van der Waals surface area contributed by atoms with Gasteiger partial charge in [-0.15, -0.1) is 0 Å². The lowest BCUT2D eigenvalue weighted by atomic mass is 10.1. The molecular formula is C25H27BrN6O. The fraction of sp³-hybridized carbons (Fsp3) is 0.320. The lowest BCUT2D eigenvalue weighted by molar-refractivity contribution is 0.170. The van der Waals surface area contributed by atoms with Gasteiger partial charge in [0, 0.05) is 50.4 Å². The molecule has 0 atom stereocenters. The van der Waals surface area contributed by atoms with Crippen molar-refractivity contribution < 1.29 is 4.74 Å². The van der Waals surface area contributed by atoms with Crippen LogP contribution in [0.1, 0.15) is 18.4 Å². The number of aromatic amines is 1. The molecule has 1 aliphatic rings. The Morgan fingerprint density at radius 2 is 1.91 bits per heavy atom. The van der Waals surface area contributed by atoms with Crippen molar-refractivity contribution in [2.24, 2.45) is 0 Å². The van der Waals surface area contributed by atoms with Crippen LogP contribution < -0.4 is 9.64 Å². The van der Waals surface area contributed by atoms with Crippen LogP contribution in [0.4, 0.5) is 5.69 Å². The van der Waals surface area contributed by atoms with Crippen molar-refractivity contribution in [3.63, 3.8) is 0 Å². The number of halogens is 1. The van der Waals surface area contributed by atoms with E-state index < -0.39 is 0 Å². The second kappa shape index (κ2) is 9.49. The molecule has 1 aromatic carbocycles. The van der Waals surface area contributed by atoms with Crippen LogP contribution in [0, 0.1) is 0 Å². The molecule has 0 saturated carbocycles. The molecular weight excluding hydrogens is 480 g/mol. The highest BCUT2D eigenvalue weighted by molar-refractivity contribution is 9.10. The van der Waals surface area contributed by atoms with E-state index in [1.807, 2.05) is 18.3 Å². The summed E-state index contributed by atoms with van der Waals surface area (Å²) in [5.74, 6) is 1.67. The van der Waals surface area contributed by atoms with E-state index in [2.05, 4.69) is 79.0 Å². The van der Waals surface area contributed by atoms with Crippen molar-refractivity contribution in [1.29, 1.82) is 0 Å². The van der Waals surface area contributed by atoms with Crippen molar-refractivity contribution >= 4 is 32.8 Å². The minimum Gasteiger partial charge on any atom is -0.489 e. The monoisotopic (exact) mass is 506 g/mol. The second-order valence-corrected chi connectivity index (χ2v) is 9.52. The summed E-state index contributed by atoms with van der Waals surface area (Å²) in [6.45, 7) is 2.71. The summed E-state index contributed by atoms with van der Waals surface area (Å²) in [7, 11) is 4.15. The summed E-state index contributed by atoms with van der Waals surface area (Å²) in [6, 6.07) is 12.4. The zero-order valence-corrected chi connectivity index (χ0v) is 20.4. The Kier molecular flexibility index (Phi) is 6.28. The van der Waals surface area contributed by atoms with Crippen LogP contribution in [-0.2, 0) is 6.54 Å². The number of hydrogen-bond donors (Lipinski definition) is 1. The molecule has 1 N–H and O–H groups in total. The summed E-state index contributed by atoms with van der Waals surface area (Å²) in [5.41, 5.74) is 5.14. The summed E-state index contributed by atoms with van der Waals surface area (Å²) in [5, 5.41) is 0. The van der Waals surface area contributed by atoms with E-state index in [9.17, 15) is 0 Å². The predicted molar refractivity (Wildman–Crippen MR) is 135 cm³/mol. The number of benzene rings is 1. The zero-order valence-electron chi connectivity index (χ0n) is 18.8. The number of hydrogen-bond acceptors (Lipinski definition) is 6. The highest BCUT2D eigenvalue weighted by atomic mass is 79.9. The Morgan fingerprint density at radius 3 is 2.61 bits per heavy atom. The van der Waals surface area contributed by atoms with Crippen LogP contribution in [0.3, 0.4) is 0 Å². The fourth-order valence-electron chi connectivity index (χ4n) is 4.31. The Morgan fingerprint density at radius 1 is 1.12 bits per heavy atom. The molecule has 1 aliphatic heterocycles. The van der Waals surface area contributed by atoms with E-state index in [1.54, 1.807) is 12.4 Å². The number of nitrogens with one attached hydrogen (secondary N) is 1. The van der Waals surface area contributed by atoms with Gasteiger partial charge >= 0.3 is 0 Å². The van der Waals surface area contributed by atoms with Gasteiger partial charge in [-0.1, -0.05) is 24.3 Å². The third-order valence-electron chi connectivity index (χ3n) is 5.87. The first-order valence-corrected chi connectivity index (χ1v) is 12.0. The van der Waals surface area contributed by atoms with E-state index in [-0.39, 0.29) is 6.10 Å². The third kappa shape index (κ3) is 4.86. The minimum absolute atomic E-state index is 0.194. The molecule has 33 heavy (non-hydrogen) atoms. The highest BCUT2D eigenvalue weighted by Gasteiger charge is 2.25. The number of aromatic nitrogens is 4. The average molecular weight is 507 g/mol. The van der Waals surface area contributed by atoms with Crippen molar-refractivity contribution in [1.82, 2.24) is 24.8 Å². The maximum absolute atomic E-state index is 6.12. The Labute approximate surface area is 202 Å². The Bertz CT molecular complexity index is 1220. The maximum Gasteiger partial charge on any atom is 0.180 e. The first-order chi connectivity index (χ1) is 16.1. The molecule has 5 rings (SSSR count). The van der Waals surface area contributed by atoms with Gasteiger partial charge in [-0.05, 0) is 47.7 Å². The topological polar surface area (TPSA) is 70.2 Å². The van der Waals surface area contributed by atoms with E-state index in [4.69, 9.17) is 9.72 Å². The molecule has 0 amide bonds. The lowest BCUT2D eigenvalue weighted by Crippen LogP contribution is -2.38. The van der Waals surface area contributed by atoms with Gasteiger partial charge in [-0.25, -0.2) is 9.97 Å². The SMILES string of the molecule is CN(C)Cc1ccc(-c2nc3ncc(Br)c(N4CCC(Oc5cccnc5)CC4)c3[nH]2)cc1. The van der Waals surface area contributed by atoms with Crippen LogP contribution in [0.25, 0.3) is 22.6 Å². The zero-order chi connectivity index (χ0) is 22.8. The molecule has 1 saturated heterocycles. The van der Waals surface area contributed by atoms with Gasteiger partial charge in [0.15, 0.2) is 5.65 Å². The number of piperidine rings is 1. The first kappa shape index (κ1) is 21.9. The van der Waals surface area contributed by atoms with Crippen LogP contribution in [-0.4, -0.2) is 58.1 Å². The van der Waals surface area contributed by atoms with Crippen molar-refractivity contribution in [2.45, 2.75) is 25.5 Å². The number of H-pyrrole nitrogens is 1. The summed E-state index contributed by atoms with van der Waals surface area (Å²) in [6.07, 6.45) is 7.46. The minimum atomic E-state index is 0.194. The Hall–Kier alpha value is -2.97. The number of fused-ring (bicyclic) bond motifs is 1. The maximum atomic E-state index is 6.12. The van der Waals surface area contributed by atoms with Gasteiger partial charge in [-0.3, -0.25) is 4.98 Å². The molecule has 3 aromatic heterocycles. The molecule has 170 valence electrons. The van der Waals surface area contributed by atoms with Gasteiger partial charge in [0.1, 0.15) is 23.2 Å². The Balaban J connectivity index is 1.36. The van der Waals surface area contributed by atoms with E-state index in [0.717, 1.165) is 70.9 Å². The second-order valence-electron chi connectivity index (χ2n) is 8.67. The number of rotatable bonds is 6. The molecule has 4 heterocycles. The highest BCUT2D eigenvalue weighted by Crippen LogP contribution is 2.35. The van der Waals surface area contributed by atoms with Crippen LogP contribution in [0.2, 0.25) is 0 Å². The summed E-state index contributed by atoms with van der Waals surface area (Å²) in [4.78, 5) is 21.6. The number of pyridine rings is 2. The molecule has 0 aliphatic carbocycles. The molecule has 4 aromatic rings. The summed E-state index contributed by atoms with van der Waals surface area (Å²) >= 11 is 3.72. The van der Waals surface area contributed by atoms with Gasteiger partial charge in [0.25, 0.3) is 0 Å². The first-order valence-electron chi connectivity index (χ1n) is 11.2. The number of nitrogens with zero attached hydrogens (tertiary/aromatic N) is 5. The normalized spacial score (nSPS) is 14.8. The van der Waals surface area contributed by atoms with Gasteiger partial charge < -0.3 is 19.5 Å². The van der Waals surface area contributed by atoms with Gasteiger partial charge in [-0.2, -0.15) is 0 Å². The molecule has 0 radical (unpaired) electrons. The lowest BCUT2D eigenvalue weighted by Gasteiger charge is -2.34. The molecule has 1 fully saturated rings. The number of anilines is 1. The summed E-state index contributed by atoms with van der Waals surface area (Å²) < 4.78 is 7.09. The number of imidazole rings is 1. The predicted octanol–water partition coefficient (Wildman–Crippen LogP) is 4.89. The van der Waals surface area contributed by atoms with E-state index in [0.29, 0.717) is 0 Å². The van der Waals surface area contributed by atoms with E-state index in [1.165, 1.54) is 5.56 Å². The molecule has 0 unspecified atom stereocenters. The van der Waals surface area contributed by atoms with E-state index >= 15 is 0 Å².